The Bertz CT molecular complexity index is 906. The van der Waals surface area contributed by atoms with Crippen molar-refractivity contribution in [3.05, 3.63) is 60.4 Å². The molecule has 0 amide bonds. The summed E-state index contributed by atoms with van der Waals surface area (Å²) in [5.41, 5.74) is 5.21. The molecule has 0 N–H and O–H groups in total. The highest BCUT2D eigenvalue weighted by Crippen LogP contribution is 2.33. The summed E-state index contributed by atoms with van der Waals surface area (Å²) in [6.45, 7) is 16.8. The highest BCUT2D eigenvalue weighted by molar-refractivity contribution is 7.91. The third-order valence-electron chi connectivity index (χ3n) is 7.05. The predicted octanol–water partition coefficient (Wildman–Crippen LogP) is 6.86. The summed E-state index contributed by atoms with van der Waals surface area (Å²) < 4.78 is 38.3. The highest BCUT2D eigenvalue weighted by atomic mass is 32.2. The fourth-order valence-corrected chi connectivity index (χ4v) is 8.87. The Morgan fingerprint density at radius 2 is 1.82 bits per heavy atom. The van der Waals surface area contributed by atoms with Crippen LogP contribution in [0.4, 0.5) is 0 Å². The lowest BCUT2D eigenvalue weighted by atomic mass is 10.00. The molecule has 1 saturated heterocycles. The summed E-state index contributed by atoms with van der Waals surface area (Å²) in [6.07, 6.45) is 3.81. The van der Waals surface area contributed by atoms with Gasteiger partial charge in [0.05, 0.1) is 22.9 Å². The molecule has 0 bridgehead atoms. The van der Waals surface area contributed by atoms with Crippen molar-refractivity contribution in [2.24, 2.45) is 0 Å². The van der Waals surface area contributed by atoms with E-state index in [0.717, 1.165) is 55.0 Å². The minimum Gasteiger partial charge on any atom is -0.414 e. The van der Waals surface area contributed by atoms with Crippen LogP contribution in [0, 0.1) is 0 Å². The van der Waals surface area contributed by atoms with E-state index in [0.29, 0.717) is 11.3 Å². The van der Waals surface area contributed by atoms with E-state index in [1.165, 1.54) is 0 Å². The molecule has 6 heteroatoms. The van der Waals surface area contributed by atoms with Crippen LogP contribution in [0.3, 0.4) is 0 Å². The van der Waals surface area contributed by atoms with Crippen molar-refractivity contribution in [2.75, 3.05) is 5.75 Å². The van der Waals surface area contributed by atoms with E-state index in [4.69, 9.17) is 9.16 Å². The first kappa shape index (κ1) is 27.8. The molecule has 0 aromatic heterocycles. The van der Waals surface area contributed by atoms with E-state index >= 15 is 0 Å². The molecule has 1 fully saturated rings. The first-order valence-corrected chi connectivity index (χ1v) is 16.5. The third kappa shape index (κ3) is 8.08. The molecule has 2 rings (SSSR count). The molecule has 0 unspecified atom stereocenters. The summed E-state index contributed by atoms with van der Waals surface area (Å²) in [5, 5.41) is 0. The van der Waals surface area contributed by atoms with Crippen molar-refractivity contribution in [2.45, 2.75) is 101 Å². The van der Waals surface area contributed by atoms with Crippen LogP contribution in [-0.4, -0.2) is 40.8 Å². The van der Waals surface area contributed by atoms with E-state index in [-0.39, 0.29) is 24.1 Å². The van der Waals surface area contributed by atoms with Gasteiger partial charge in [0.2, 0.25) is 0 Å². The van der Waals surface area contributed by atoms with E-state index in [2.05, 4.69) is 46.6 Å². The summed E-state index contributed by atoms with van der Waals surface area (Å²) in [5.74, 6) is 0.0916. The van der Waals surface area contributed by atoms with Crippen LogP contribution in [0.2, 0.25) is 18.1 Å². The molecule has 1 aliphatic rings. The quantitative estimate of drug-likeness (QED) is 0.162. The zero-order chi connectivity index (χ0) is 24.5. The molecule has 1 heterocycles. The number of ether oxygens (including phenoxy) is 1. The van der Waals surface area contributed by atoms with Crippen LogP contribution in [0.1, 0.15) is 59.8 Å². The van der Waals surface area contributed by atoms with Crippen molar-refractivity contribution in [3.63, 3.8) is 0 Å². The van der Waals surface area contributed by atoms with Crippen LogP contribution in [0.25, 0.3) is 0 Å². The number of rotatable bonds is 14. The average molecular weight is 491 g/mol. The lowest BCUT2D eigenvalue weighted by Gasteiger charge is -2.34. The predicted molar refractivity (Wildman–Crippen MR) is 140 cm³/mol. The van der Waals surface area contributed by atoms with Gasteiger partial charge in [-0.2, -0.15) is 0 Å². The van der Waals surface area contributed by atoms with Gasteiger partial charge in [0, 0.05) is 12.5 Å². The van der Waals surface area contributed by atoms with Crippen molar-refractivity contribution in [1.82, 2.24) is 0 Å². The third-order valence-corrected chi connectivity index (χ3v) is 13.5. The Labute approximate surface area is 202 Å². The Kier molecular flexibility index (Phi) is 10.8. The van der Waals surface area contributed by atoms with Crippen LogP contribution < -0.4 is 0 Å². The Morgan fingerprint density at radius 3 is 2.39 bits per heavy atom. The second-order valence-electron chi connectivity index (χ2n) is 9.25. The van der Waals surface area contributed by atoms with Crippen molar-refractivity contribution < 1.29 is 17.6 Å². The second kappa shape index (κ2) is 12.9. The van der Waals surface area contributed by atoms with Crippen molar-refractivity contribution >= 4 is 18.2 Å². The van der Waals surface area contributed by atoms with Crippen molar-refractivity contribution in [1.29, 1.82) is 0 Å². The topological polar surface area (TPSA) is 52.6 Å². The SMILES string of the molecule is C=C=C(C)C[C@H](CC[C@@H]1O[C@@H](CCS(=O)(=O)c2ccccc2)CC1=C)O[Si](CC)(CC)CC. The molecule has 33 heavy (non-hydrogen) atoms. The first-order chi connectivity index (χ1) is 15.7. The molecule has 0 aliphatic carbocycles. The fraction of sp³-hybridized carbons (Fsp3) is 0.593. The van der Waals surface area contributed by atoms with Crippen LogP contribution in [-0.2, 0) is 19.0 Å². The van der Waals surface area contributed by atoms with Gasteiger partial charge in [-0.3, -0.25) is 0 Å². The van der Waals surface area contributed by atoms with E-state index in [1.54, 1.807) is 24.3 Å². The highest BCUT2D eigenvalue weighted by Gasteiger charge is 2.34. The average Bonchev–Trinajstić information content (AvgIpc) is 3.19. The maximum absolute atomic E-state index is 12.6. The minimum atomic E-state index is -3.29. The van der Waals surface area contributed by atoms with Gasteiger partial charge in [0.25, 0.3) is 0 Å². The van der Waals surface area contributed by atoms with Gasteiger partial charge in [-0.1, -0.05) is 52.1 Å². The maximum atomic E-state index is 12.6. The maximum Gasteiger partial charge on any atom is 0.192 e. The largest absolute Gasteiger partial charge is 0.414 e. The molecule has 4 nitrogen and oxygen atoms in total. The van der Waals surface area contributed by atoms with Gasteiger partial charge in [-0.15, -0.1) is 5.73 Å². The second-order valence-corrected chi connectivity index (χ2v) is 16.1. The van der Waals surface area contributed by atoms with Gasteiger partial charge >= 0.3 is 0 Å². The van der Waals surface area contributed by atoms with Gasteiger partial charge in [0.1, 0.15) is 0 Å². The van der Waals surface area contributed by atoms with Crippen LogP contribution >= 0.6 is 0 Å². The Morgan fingerprint density at radius 1 is 1.18 bits per heavy atom. The zero-order valence-corrected chi connectivity index (χ0v) is 22.8. The summed E-state index contributed by atoms with van der Waals surface area (Å²) >= 11 is 0. The summed E-state index contributed by atoms with van der Waals surface area (Å²) in [7, 11) is -5.02. The number of hydrogen-bond acceptors (Lipinski definition) is 4. The molecule has 3 atom stereocenters. The Hall–Kier alpha value is -1.43. The smallest absolute Gasteiger partial charge is 0.192 e. The lowest BCUT2D eigenvalue weighted by molar-refractivity contribution is 0.0380. The summed E-state index contributed by atoms with van der Waals surface area (Å²) in [4.78, 5) is 0.374. The van der Waals surface area contributed by atoms with Gasteiger partial charge in [0.15, 0.2) is 18.2 Å². The summed E-state index contributed by atoms with van der Waals surface area (Å²) in [6, 6.07) is 12.0. The van der Waals surface area contributed by atoms with Gasteiger partial charge in [-0.05, 0) is 74.0 Å². The molecule has 184 valence electrons. The normalized spacial score (nSPS) is 19.9. The molecule has 1 aliphatic heterocycles. The van der Waals surface area contributed by atoms with Gasteiger partial charge < -0.3 is 9.16 Å². The number of benzene rings is 1. The van der Waals surface area contributed by atoms with Gasteiger partial charge in [-0.25, -0.2) is 8.42 Å². The first-order valence-electron chi connectivity index (χ1n) is 12.3. The monoisotopic (exact) mass is 490 g/mol. The van der Waals surface area contributed by atoms with E-state index < -0.39 is 18.2 Å². The molecule has 0 radical (unpaired) electrons. The standard InChI is InChI=1S/C27H42O4SSi/c1-7-22(5)20-25(31-33(8-2,9-3)10-4)16-17-27-23(6)21-24(30-27)18-19-32(28,29)26-14-12-11-13-15-26/h11-15,24-25,27H,1,6,8-10,16-21H2,2-5H3/t24-,25-,27-/m0/s1. The van der Waals surface area contributed by atoms with Crippen LogP contribution in [0.5, 0.6) is 0 Å². The minimum absolute atomic E-state index is 0.0329. The van der Waals surface area contributed by atoms with E-state index in [1.807, 2.05) is 6.07 Å². The lowest BCUT2D eigenvalue weighted by Crippen LogP contribution is -2.40. The molecule has 0 spiro atoms. The van der Waals surface area contributed by atoms with E-state index in [9.17, 15) is 8.42 Å². The fourth-order valence-electron chi connectivity index (χ4n) is 4.58. The molecule has 1 aromatic carbocycles. The van der Waals surface area contributed by atoms with Crippen molar-refractivity contribution in [3.8, 4) is 0 Å². The number of hydrogen-bond donors (Lipinski definition) is 0. The Balaban J connectivity index is 1.95. The molecule has 0 saturated carbocycles. The zero-order valence-electron chi connectivity index (χ0n) is 20.9. The van der Waals surface area contributed by atoms with Crippen LogP contribution in [0.15, 0.2) is 65.3 Å². The molecular formula is C27H42O4SSi. The molecule has 1 aromatic rings. The molecular weight excluding hydrogens is 448 g/mol. The number of sulfone groups is 1.